The van der Waals surface area contributed by atoms with Crippen LogP contribution in [0.1, 0.15) is 17.0 Å². The molecule has 2 N–H and O–H groups in total. The van der Waals surface area contributed by atoms with Gasteiger partial charge in [0.1, 0.15) is 10.5 Å². The lowest BCUT2D eigenvalue weighted by atomic mass is 9.83. The van der Waals surface area contributed by atoms with Crippen LogP contribution in [-0.4, -0.2) is 30.7 Å². The van der Waals surface area contributed by atoms with E-state index >= 15 is 0 Å². The van der Waals surface area contributed by atoms with E-state index in [4.69, 9.17) is 38.4 Å². The number of hydrogen-bond acceptors (Lipinski definition) is 7. The summed E-state index contributed by atoms with van der Waals surface area (Å²) >= 11 is 13.1. The summed E-state index contributed by atoms with van der Waals surface area (Å²) in [5, 5.41) is 1.03. The lowest BCUT2D eigenvalue weighted by Gasteiger charge is -2.26. The molecule has 0 radical (unpaired) electrons. The van der Waals surface area contributed by atoms with Crippen molar-refractivity contribution in [2.45, 2.75) is 5.92 Å². The Hall–Kier alpha value is -3.33. The number of esters is 2. The Morgan fingerprint density at radius 1 is 0.941 bits per heavy atom. The first-order chi connectivity index (χ1) is 16.3. The van der Waals surface area contributed by atoms with Crippen LogP contribution in [0.3, 0.4) is 0 Å². The maximum atomic E-state index is 13.4. The van der Waals surface area contributed by atoms with Gasteiger partial charge in [0, 0.05) is 10.0 Å². The van der Waals surface area contributed by atoms with Crippen molar-refractivity contribution in [2.24, 2.45) is 5.73 Å². The highest BCUT2D eigenvalue weighted by Crippen LogP contribution is 2.37. The van der Waals surface area contributed by atoms with Crippen molar-refractivity contribution in [3.8, 4) is 0 Å². The van der Waals surface area contributed by atoms with E-state index in [9.17, 15) is 14.4 Å². The second-order valence-corrected chi connectivity index (χ2v) is 9.19. The standard InChI is InChI=1S/C24H18Cl2N2O5S/c1-32-23(30)18-17(13-5-9-15(26)10-6-13)19(24(31)33-2)22-28(20(18)27)21(29)16(34-22)11-12-3-7-14(25)8-4-12/h3-11,17H,27H2,1-2H3/b16-11-/t17-/m1/s1. The number of halogens is 2. The van der Waals surface area contributed by atoms with Gasteiger partial charge in [-0.3, -0.25) is 9.36 Å². The van der Waals surface area contributed by atoms with E-state index < -0.39 is 23.4 Å². The van der Waals surface area contributed by atoms with E-state index in [-0.39, 0.29) is 21.6 Å². The molecule has 3 aromatic rings. The van der Waals surface area contributed by atoms with Crippen molar-refractivity contribution in [3.05, 3.63) is 94.8 Å². The van der Waals surface area contributed by atoms with Crippen LogP contribution >= 0.6 is 34.5 Å². The molecule has 2 heterocycles. The van der Waals surface area contributed by atoms with Crippen LogP contribution in [0.25, 0.3) is 17.5 Å². The summed E-state index contributed by atoms with van der Waals surface area (Å²) in [6.07, 6.45) is 1.66. The SMILES string of the molecule is COC(=O)C1=C(N)n2c(s/c(=C\c3ccc(Cl)cc3)c2=O)=C(C(=O)OC)[C@@H]1c1ccc(Cl)cc1. The first-order valence-corrected chi connectivity index (χ1v) is 11.5. The van der Waals surface area contributed by atoms with Gasteiger partial charge in [0.05, 0.1) is 35.8 Å². The lowest BCUT2D eigenvalue weighted by molar-refractivity contribution is -0.136. The number of benzene rings is 2. The first-order valence-electron chi connectivity index (χ1n) is 9.92. The van der Waals surface area contributed by atoms with E-state index in [2.05, 4.69) is 0 Å². The quantitative estimate of drug-likeness (QED) is 0.534. The van der Waals surface area contributed by atoms with Crippen molar-refractivity contribution in [2.75, 3.05) is 14.2 Å². The van der Waals surface area contributed by atoms with Gasteiger partial charge in [-0.2, -0.15) is 0 Å². The Labute approximate surface area is 207 Å². The van der Waals surface area contributed by atoms with E-state index in [0.29, 0.717) is 20.1 Å². The fourth-order valence-corrected chi connectivity index (χ4v) is 5.18. The zero-order valence-corrected chi connectivity index (χ0v) is 20.3. The van der Waals surface area contributed by atoms with Gasteiger partial charge >= 0.3 is 11.9 Å². The highest BCUT2D eigenvalue weighted by molar-refractivity contribution is 7.07. The summed E-state index contributed by atoms with van der Waals surface area (Å²) in [4.78, 5) is 39.2. The molecule has 0 saturated carbocycles. The average molecular weight is 517 g/mol. The molecule has 0 unspecified atom stereocenters. The zero-order valence-electron chi connectivity index (χ0n) is 18.0. The van der Waals surface area contributed by atoms with Crippen molar-refractivity contribution >= 4 is 63.9 Å². The summed E-state index contributed by atoms with van der Waals surface area (Å²) in [6, 6.07) is 13.5. The van der Waals surface area contributed by atoms with Crippen LogP contribution in [0.5, 0.6) is 0 Å². The highest BCUT2D eigenvalue weighted by Gasteiger charge is 2.39. The third kappa shape index (κ3) is 4.16. The molecule has 1 aliphatic heterocycles. The molecule has 1 aromatic heterocycles. The summed E-state index contributed by atoms with van der Waals surface area (Å²) < 4.78 is 11.7. The molecule has 0 amide bonds. The van der Waals surface area contributed by atoms with Crippen molar-refractivity contribution < 1.29 is 19.1 Å². The highest BCUT2D eigenvalue weighted by atomic mass is 35.5. The molecule has 0 bridgehead atoms. The second-order valence-electron chi connectivity index (χ2n) is 7.29. The van der Waals surface area contributed by atoms with Gasteiger partial charge in [-0.1, -0.05) is 47.5 Å². The smallest absolute Gasteiger partial charge is 0.338 e. The van der Waals surface area contributed by atoms with Gasteiger partial charge in [0.15, 0.2) is 0 Å². The van der Waals surface area contributed by atoms with E-state index in [1.165, 1.54) is 14.2 Å². The summed E-state index contributed by atoms with van der Waals surface area (Å²) in [5.41, 5.74) is 7.23. The third-order valence-electron chi connectivity index (χ3n) is 5.33. The molecule has 34 heavy (non-hydrogen) atoms. The average Bonchev–Trinajstić information content (AvgIpc) is 3.15. The van der Waals surface area contributed by atoms with Crippen LogP contribution in [0.2, 0.25) is 10.0 Å². The molecule has 0 saturated heterocycles. The maximum absolute atomic E-state index is 13.4. The van der Waals surface area contributed by atoms with Crippen molar-refractivity contribution in [3.63, 3.8) is 0 Å². The molecular formula is C24H18Cl2N2O5S. The third-order valence-corrected chi connectivity index (χ3v) is 6.94. The van der Waals surface area contributed by atoms with Crippen molar-refractivity contribution in [1.29, 1.82) is 0 Å². The van der Waals surface area contributed by atoms with Gasteiger partial charge in [0.25, 0.3) is 5.56 Å². The van der Waals surface area contributed by atoms with Crippen LogP contribution in [0, 0.1) is 0 Å². The van der Waals surface area contributed by atoms with Crippen LogP contribution in [-0.2, 0) is 19.1 Å². The minimum atomic E-state index is -0.932. The topological polar surface area (TPSA) is 101 Å². The molecule has 174 valence electrons. The van der Waals surface area contributed by atoms with E-state index in [1.807, 2.05) is 0 Å². The number of carbonyl (C=O) groups excluding carboxylic acids is 2. The van der Waals surface area contributed by atoms with Gasteiger partial charge < -0.3 is 15.2 Å². The predicted octanol–water partition coefficient (Wildman–Crippen LogP) is 2.47. The molecule has 2 aromatic carbocycles. The van der Waals surface area contributed by atoms with E-state index in [1.54, 1.807) is 54.6 Å². The molecule has 7 nitrogen and oxygen atoms in total. The molecular weight excluding hydrogens is 499 g/mol. The monoisotopic (exact) mass is 516 g/mol. The Kier molecular flexibility index (Phi) is 6.65. The minimum Gasteiger partial charge on any atom is -0.466 e. The number of nitrogens with two attached hydrogens (primary N) is 1. The Morgan fingerprint density at radius 2 is 1.47 bits per heavy atom. The van der Waals surface area contributed by atoms with Gasteiger partial charge in [-0.15, -0.1) is 11.3 Å². The summed E-state index contributed by atoms with van der Waals surface area (Å²) in [7, 11) is 2.43. The largest absolute Gasteiger partial charge is 0.466 e. The number of ether oxygens (including phenoxy) is 2. The number of thiazole rings is 1. The zero-order chi connectivity index (χ0) is 24.6. The first kappa shape index (κ1) is 23.8. The molecule has 0 spiro atoms. The Morgan fingerprint density at radius 3 is 2.03 bits per heavy atom. The van der Waals surface area contributed by atoms with Crippen LogP contribution in [0.15, 0.2) is 58.9 Å². The fraction of sp³-hybridized carbons (Fsp3) is 0.125. The predicted molar refractivity (Wildman–Crippen MR) is 132 cm³/mol. The molecule has 1 atom stereocenters. The van der Waals surface area contributed by atoms with Gasteiger partial charge in [-0.05, 0) is 41.5 Å². The number of aromatic nitrogens is 1. The normalized spacial score (nSPS) is 15.8. The lowest BCUT2D eigenvalue weighted by Crippen LogP contribution is -2.41. The molecule has 1 aliphatic rings. The molecule has 0 aliphatic carbocycles. The molecule has 0 fully saturated rings. The molecule has 10 heteroatoms. The number of hydrogen-bond donors (Lipinski definition) is 1. The number of rotatable bonds is 4. The number of nitrogens with zero attached hydrogens (tertiary/aromatic N) is 1. The second kappa shape index (κ2) is 9.50. The van der Waals surface area contributed by atoms with Crippen LogP contribution in [0.4, 0.5) is 0 Å². The number of carbonyl (C=O) groups is 2. The number of fused-ring (bicyclic) bond motifs is 1. The number of methoxy groups -OCH3 is 2. The summed E-state index contributed by atoms with van der Waals surface area (Å²) in [6.45, 7) is 0. The Bertz CT molecular complexity index is 1500. The maximum Gasteiger partial charge on any atom is 0.338 e. The van der Waals surface area contributed by atoms with Gasteiger partial charge in [0.2, 0.25) is 0 Å². The van der Waals surface area contributed by atoms with E-state index in [0.717, 1.165) is 21.5 Å². The minimum absolute atomic E-state index is 0.0457. The van der Waals surface area contributed by atoms with Crippen molar-refractivity contribution in [1.82, 2.24) is 4.57 Å². The van der Waals surface area contributed by atoms with Gasteiger partial charge in [-0.25, -0.2) is 9.59 Å². The van der Waals surface area contributed by atoms with Crippen LogP contribution < -0.4 is 20.5 Å². The molecule has 4 rings (SSSR count). The Balaban J connectivity index is 2.11. The summed E-state index contributed by atoms with van der Waals surface area (Å²) in [5.74, 6) is -2.53. The fourth-order valence-electron chi connectivity index (χ4n) is 3.76.